The first-order valence-corrected chi connectivity index (χ1v) is 7.08. The molecule has 20 heavy (non-hydrogen) atoms. The van der Waals surface area contributed by atoms with Crippen LogP contribution in [0.4, 0.5) is 17.1 Å². The lowest BCUT2D eigenvalue weighted by atomic mass is 10.2. The van der Waals surface area contributed by atoms with Crippen molar-refractivity contribution >= 4 is 28.4 Å². The zero-order chi connectivity index (χ0) is 14.5. The number of thiophene rings is 1. The molecular weight excluding hydrogens is 276 g/mol. The molecule has 7 heteroatoms. The van der Waals surface area contributed by atoms with E-state index in [1.54, 1.807) is 29.5 Å². The van der Waals surface area contributed by atoms with Gasteiger partial charge in [0.1, 0.15) is 11.4 Å². The first-order valence-electron chi connectivity index (χ1n) is 6.20. The van der Waals surface area contributed by atoms with Gasteiger partial charge in [-0.2, -0.15) is 0 Å². The van der Waals surface area contributed by atoms with Crippen LogP contribution in [0, 0.1) is 10.1 Å². The second-order valence-corrected chi connectivity index (χ2v) is 5.18. The van der Waals surface area contributed by atoms with Gasteiger partial charge in [0.25, 0.3) is 0 Å². The van der Waals surface area contributed by atoms with E-state index in [-0.39, 0.29) is 5.69 Å². The summed E-state index contributed by atoms with van der Waals surface area (Å²) in [5.41, 5.74) is 4.33. The number of hydrogen-bond acceptors (Lipinski definition) is 6. The molecule has 0 atom stereocenters. The van der Waals surface area contributed by atoms with Gasteiger partial charge in [-0.15, -0.1) is 11.3 Å². The number of nitrogens with two attached hydrogens (primary N) is 1. The van der Waals surface area contributed by atoms with Crippen LogP contribution < -0.4 is 16.6 Å². The van der Waals surface area contributed by atoms with Gasteiger partial charge in [0.05, 0.1) is 4.92 Å². The summed E-state index contributed by atoms with van der Waals surface area (Å²) in [5.74, 6) is 5.31. The van der Waals surface area contributed by atoms with E-state index in [0.29, 0.717) is 17.9 Å². The number of aryl methyl sites for hydroxylation is 1. The van der Waals surface area contributed by atoms with Crippen LogP contribution in [0.25, 0.3) is 0 Å². The summed E-state index contributed by atoms with van der Waals surface area (Å²) >= 11 is 1.64. The van der Waals surface area contributed by atoms with Crippen molar-refractivity contribution in [2.75, 3.05) is 10.7 Å². The minimum Gasteiger partial charge on any atom is -0.375 e. The normalized spacial score (nSPS) is 10.3. The summed E-state index contributed by atoms with van der Waals surface area (Å²) in [7, 11) is 0. The van der Waals surface area contributed by atoms with Crippen LogP contribution in [0.15, 0.2) is 29.6 Å². The molecule has 0 spiro atoms. The number of anilines is 2. The van der Waals surface area contributed by atoms with E-state index < -0.39 is 4.92 Å². The van der Waals surface area contributed by atoms with Gasteiger partial charge >= 0.3 is 5.69 Å². The van der Waals surface area contributed by atoms with Gasteiger partial charge in [0, 0.05) is 11.4 Å². The molecule has 0 radical (unpaired) electrons. The Morgan fingerprint density at radius 1 is 1.35 bits per heavy atom. The molecule has 0 amide bonds. The van der Waals surface area contributed by atoms with Crippen molar-refractivity contribution in [3.05, 3.63) is 50.2 Å². The zero-order valence-electron chi connectivity index (χ0n) is 11.1. The van der Waals surface area contributed by atoms with Crippen molar-refractivity contribution in [2.24, 2.45) is 5.84 Å². The maximum Gasteiger partial charge on any atom is 0.316 e. The van der Waals surface area contributed by atoms with Crippen molar-refractivity contribution in [2.45, 2.75) is 19.9 Å². The molecule has 1 aromatic carbocycles. The molecule has 0 unspecified atom stereocenters. The van der Waals surface area contributed by atoms with Crippen molar-refractivity contribution in [3.63, 3.8) is 0 Å². The number of nitro groups is 1. The van der Waals surface area contributed by atoms with Gasteiger partial charge in [-0.25, -0.2) is 0 Å². The molecule has 1 aromatic heterocycles. The molecule has 0 aliphatic rings. The second-order valence-electron chi connectivity index (χ2n) is 4.18. The molecule has 0 bridgehead atoms. The Hall–Kier alpha value is -2.12. The first-order chi connectivity index (χ1) is 9.67. The lowest BCUT2D eigenvalue weighted by Crippen LogP contribution is -2.11. The third-order valence-corrected chi connectivity index (χ3v) is 4.00. The summed E-state index contributed by atoms with van der Waals surface area (Å²) in [4.78, 5) is 11.9. The Morgan fingerprint density at radius 3 is 2.75 bits per heavy atom. The monoisotopic (exact) mass is 292 g/mol. The number of benzene rings is 1. The molecule has 0 saturated carbocycles. The summed E-state index contributed by atoms with van der Waals surface area (Å²) < 4.78 is 0. The minimum absolute atomic E-state index is 0.0374. The fraction of sp³-hybridized carbons (Fsp3) is 0.231. The number of hydrazine groups is 1. The SMILES string of the molecule is CCc1ccsc1CNc1cccc(NN)c1[N+](=O)[O-]. The highest BCUT2D eigenvalue weighted by Gasteiger charge is 2.19. The number of hydrogen-bond donors (Lipinski definition) is 3. The molecule has 2 aromatic rings. The fourth-order valence-electron chi connectivity index (χ4n) is 2.01. The molecule has 4 N–H and O–H groups in total. The number of nitrogens with one attached hydrogen (secondary N) is 2. The van der Waals surface area contributed by atoms with E-state index in [0.717, 1.165) is 6.42 Å². The van der Waals surface area contributed by atoms with Crippen molar-refractivity contribution in [1.82, 2.24) is 0 Å². The largest absolute Gasteiger partial charge is 0.375 e. The average molecular weight is 292 g/mol. The van der Waals surface area contributed by atoms with Gasteiger partial charge in [-0.3, -0.25) is 16.0 Å². The van der Waals surface area contributed by atoms with Gasteiger partial charge in [0.2, 0.25) is 0 Å². The van der Waals surface area contributed by atoms with Crippen LogP contribution in [-0.2, 0) is 13.0 Å². The molecule has 2 rings (SSSR count). The summed E-state index contributed by atoms with van der Waals surface area (Å²) in [5, 5.41) is 16.3. The number of rotatable bonds is 6. The van der Waals surface area contributed by atoms with E-state index in [1.165, 1.54) is 10.4 Å². The Bertz CT molecular complexity index is 612. The number of nitrogens with zero attached hydrogens (tertiary/aromatic N) is 1. The topological polar surface area (TPSA) is 93.2 Å². The first kappa shape index (κ1) is 14.3. The Morgan fingerprint density at radius 2 is 2.10 bits per heavy atom. The van der Waals surface area contributed by atoms with Crippen LogP contribution in [0.5, 0.6) is 0 Å². The Labute approximate surface area is 120 Å². The molecular formula is C13H16N4O2S. The second kappa shape index (κ2) is 6.36. The van der Waals surface area contributed by atoms with Gasteiger partial charge in [0.15, 0.2) is 0 Å². The molecule has 0 fully saturated rings. The van der Waals surface area contributed by atoms with Crippen molar-refractivity contribution in [3.8, 4) is 0 Å². The predicted molar refractivity (Wildman–Crippen MR) is 81.9 cm³/mol. The number of nitrogen functional groups attached to an aromatic ring is 1. The van der Waals surface area contributed by atoms with Gasteiger partial charge in [-0.1, -0.05) is 13.0 Å². The molecule has 0 aliphatic carbocycles. The maximum atomic E-state index is 11.2. The zero-order valence-corrected chi connectivity index (χ0v) is 11.9. The van der Waals surface area contributed by atoms with Crippen molar-refractivity contribution in [1.29, 1.82) is 0 Å². The molecule has 1 heterocycles. The van der Waals surface area contributed by atoms with E-state index in [4.69, 9.17) is 5.84 Å². The third-order valence-electron chi connectivity index (χ3n) is 3.03. The molecule has 0 aliphatic heterocycles. The molecule has 106 valence electrons. The summed E-state index contributed by atoms with van der Waals surface area (Å²) in [6.07, 6.45) is 0.951. The lowest BCUT2D eigenvalue weighted by Gasteiger charge is -2.10. The smallest absolute Gasteiger partial charge is 0.316 e. The van der Waals surface area contributed by atoms with Crippen LogP contribution in [-0.4, -0.2) is 4.92 Å². The van der Waals surface area contributed by atoms with E-state index in [9.17, 15) is 10.1 Å². The third kappa shape index (κ3) is 2.89. The van der Waals surface area contributed by atoms with Crippen molar-refractivity contribution < 1.29 is 4.92 Å². The maximum absolute atomic E-state index is 11.2. The van der Waals surface area contributed by atoms with E-state index in [2.05, 4.69) is 23.7 Å². The molecule has 0 saturated heterocycles. The quantitative estimate of drug-likeness (QED) is 0.432. The van der Waals surface area contributed by atoms with Crippen LogP contribution in [0.1, 0.15) is 17.4 Å². The van der Waals surface area contributed by atoms with Gasteiger partial charge in [-0.05, 0) is 35.6 Å². The average Bonchev–Trinajstić information content (AvgIpc) is 2.91. The summed E-state index contributed by atoms with van der Waals surface area (Å²) in [6, 6.07) is 7.05. The Kier molecular flexibility index (Phi) is 4.54. The summed E-state index contributed by atoms with van der Waals surface area (Å²) in [6.45, 7) is 2.66. The standard InChI is InChI=1S/C13H16N4O2S/c1-2-9-6-7-20-12(9)8-15-10-4-3-5-11(16-14)13(10)17(18)19/h3-7,15-16H,2,8,14H2,1H3. The van der Waals surface area contributed by atoms with E-state index in [1.807, 2.05) is 5.38 Å². The van der Waals surface area contributed by atoms with E-state index >= 15 is 0 Å². The number of nitro benzene ring substituents is 1. The lowest BCUT2D eigenvalue weighted by molar-refractivity contribution is -0.383. The number of para-hydroxylation sites is 1. The Balaban J connectivity index is 2.23. The van der Waals surface area contributed by atoms with Crippen LogP contribution in [0.2, 0.25) is 0 Å². The highest BCUT2D eigenvalue weighted by Crippen LogP contribution is 2.32. The fourth-order valence-corrected chi connectivity index (χ4v) is 2.93. The van der Waals surface area contributed by atoms with Gasteiger partial charge < -0.3 is 10.7 Å². The minimum atomic E-state index is -0.438. The molecule has 6 nitrogen and oxygen atoms in total. The predicted octanol–water partition coefficient (Wildman–Crippen LogP) is 3.12. The van der Waals surface area contributed by atoms with Crippen LogP contribution >= 0.6 is 11.3 Å². The highest BCUT2D eigenvalue weighted by molar-refractivity contribution is 7.10. The highest BCUT2D eigenvalue weighted by atomic mass is 32.1. The van der Waals surface area contributed by atoms with Crippen LogP contribution in [0.3, 0.4) is 0 Å².